The number of hydrogen-bond acceptors (Lipinski definition) is 6. The summed E-state index contributed by atoms with van der Waals surface area (Å²) in [5, 5.41) is 0.865. The Morgan fingerprint density at radius 1 is 1.00 bits per heavy atom. The van der Waals surface area contributed by atoms with Crippen LogP contribution in [0.25, 0.3) is 22.3 Å². The highest BCUT2D eigenvalue weighted by Gasteiger charge is 2.14. The van der Waals surface area contributed by atoms with Gasteiger partial charge >= 0.3 is 0 Å². The van der Waals surface area contributed by atoms with E-state index in [1.54, 1.807) is 30.9 Å². The minimum atomic E-state index is 0.227. The van der Waals surface area contributed by atoms with E-state index in [0.29, 0.717) is 6.61 Å². The number of nitrogens with one attached hydrogen (secondary N) is 1. The molecule has 7 nitrogen and oxygen atoms in total. The standard InChI is InChI=1S/C17H14N6O/c18-17-21-7-3-13(23-17)12-9-22-16-15(12)14(4-8-20-16)24-10-11-1-5-19-6-2-11/h1-9H,10H2,(H,20,22)(H2,18,21,23). The molecule has 0 radical (unpaired) electrons. The Bertz CT molecular complexity index is 983. The zero-order valence-electron chi connectivity index (χ0n) is 12.7. The van der Waals surface area contributed by atoms with Crippen molar-refractivity contribution in [2.75, 3.05) is 5.73 Å². The molecule has 118 valence electrons. The molecule has 4 aromatic heterocycles. The van der Waals surface area contributed by atoms with Crippen molar-refractivity contribution in [2.45, 2.75) is 6.61 Å². The predicted molar refractivity (Wildman–Crippen MR) is 90.1 cm³/mol. The summed E-state index contributed by atoms with van der Waals surface area (Å²) < 4.78 is 5.99. The largest absolute Gasteiger partial charge is 0.488 e. The summed E-state index contributed by atoms with van der Waals surface area (Å²) in [6.07, 6.45) is 8.67. The van der Waals surface area contributed by atoms with Crippen LogP contribution in [0.4, 0.5) is 5.95 Å². The maximum Gasteiger partial charge on any atom is 0.220 e. The molecule has 3 N–H and O–H groups in total. The van der Waals surface area contributed by atoms with E-state index in [4.69, 9.17) is 10.5 Å². The Morgan fingerprint density at radius 3 is 2.67 bits per heavy atom. The lowest BCUT2D eigenvalue weighted by Gasteiger charge is -2.08. The molecule has 0 spiro atoms. The third-order valence-electron chi connectivity index (χ3n) is 3.63. The minimum Gasteiger partial charge on any atom is -0.488 e. The summed E-state index contributed by atoms with van der Waals surface area (Å²) in [5.41, 5.74) is 9.06. The number of aromatic amines is 1. The quantitative estimate of drug-likeness (QED) is 0.599. The summed E-state index contributed by atoms with van der Waals surface area (Å²) in [6.45, 7) is 0.443. The number of pyridine rings is 2. The van der Waals surface area contributed by atoms with Crippen molar-refractivity contribution in [3.05, 3.63) is 60.8 Å². The van der Waals surface area contributed by atoms with Gasteiger partial charge in [-0.15, -0.1) is 0 Å². The fraction of sp³-hybridized carbons (Fsp3) is 0.0588. The summed E-state index contributed by atoms with van der Waals surface area (Å²) in [6, 6.07) is 7.48. The Kier molecular flexibility index (Phi) is 3.51. The topological polar surface area (TPSA) is 103 Å². The van der Waals surface area contributed by atoms with E-state index in [2.05, 4.69) is 24.9 Å². The van der Waals surface area contributed by atoms with Crippen LogP contribution in [0, 0.1) is 0 Å². The fourth-order valence-electron chi connectivity index (χ4n) is 2.51. The van der Waals surface area contributed by atoms with Gasteiger partial charge in [-0.2, -0.15) is 0 Å². The first-order valence-corrected chi connectivity index (χ1v) is 7.38. The van der Waals surface area contributed by atoms with Crippen LogP contribution in [0.5, 0.6) is 5.75 Å². The van der Waals surface area contributed by atoms with Gasteiger partial charge in [-0.1, -0.05) is 0 Å². The summed E-state index contributed by atoms with van der Waals surface area (Å²) in [7, 11) is 0. The van der Waals surface area contributed by atoms with Gasteiger partial charge in [0, 0.05) is 36.5 Å². The van der Waals surface area contributed by atoms with Gasteiger partial charge in [0.05, 0.1) is 11.1 Å². The summed E-state index contributed by atoms with van der Waals surface area (Å²) in [4.78, 5) is 19.7. The van der Waals surface area contributed by atoms with Gasteiger partial charge in [0.15, 0.2) is 0 Å². The molecule has 0 saturated heterocycles. The number of anilines is 1. The number of aromatic nitrogens is 5. The second-order valence-electron chi connectivity index (χ2n) is 5.18. The molecule has 4 heterocycles. The molecule has 0 bridgehead atoms. The highest BCUT2D eigenvalue weighted by molar-refractivity contribution is 5.97. The second kappa shape index (κ2) is 5.96. The Hall–Kier alpha value is -3.48. The fourth-order valence-corrected chi connectivity index (χ4v) is 2.51. The van der Waals surface area contributed by atoms with Crippen LogP contribution in [-0.2, 0) is 6.61 Å². The first-order valence-electron chi connectivity index (χ1n) is 7.38. The van der Waals surface area contributed by atoms with Crippen molar-refractivity contribution in [1.29, 1.82) is 0 Å². The normalized spacial score (nSPS) is 10.8. The van der Waals surface area contributed by atoms with Gasteiger partial charge in [0.2, 0.25) is 5.95 Å². The van der Waals surface area contributed by atoms with Crippen LogP contribution in [0.1, 0.15) is 5.56 Å². The number of nitrogen functional groups attached to an aromatic ring is 1. The zero-order valence-corrected chi connectivity index (χ0v) is 12.7. The number of hydrogen-bond donors (Lipinski definition) is 2. The molecule has 0 saturated carbocycles. The number of nitrogens with two attached hydrogens (primary N) is 1. The smallest absolute Gasteiger partial charge is 0.220 e. The van der Waals surface area contributed by atoms with E-state index in [1.165, 1.54) is 0 Å². The van der Waals surface area contributed by atoms with Crippen LogP contribution < -0.4 is 10.5 Å². The molecule has 4 aromatic rings. The molecule has 24 heavy (non-hydrogen) atoms. The van der Waals surface area contributed by atoms with Crippen LogP contribution in [-0.4, -0.2) is 24.9 Å². The van der Waals surface area contributed by atoms with E-state index in [0.717, 1.165) is 33.6 Å². The third kappa shape index (κ3) is 2.63. The zero-order chi connectivity index (χ0) is 16.4. The van der Waals surface area contributed by atoms with Crippen molar-refractivity contribution in [2.24, 2.45) is 0 Å². The molecule has 0 aliphatic rings. The van der Waals surface area contributed by atoms with E-state index < -0.39 is 0 Å². The van der Waals surface area contributed by atoms with Crippen LogP contribution >= 0.6 is 0 Å². The van der Waals surface area contributed by atoms with Gasteiger partial charge in [-0.05, 0) is 29.8 Å². The maximum atomic E-state index is 5.99. The van der Waals surface area contributed by atoms with Crippen LogP contribution in [0.3, 0.4) is 0 Å². The molecule has 0 amide bonds. The molecule has 7 heteroatoms. The molecule has 4 rings (SSSR count). The first-order chi connectivity index (χ1) is 11.8. The van der Waals surface area contributed by atoms with Gasteiger partial charge < -0.3 is 15.5 Å². The second-order valence-corrected chi connectivity index (χ2v) is 5.18. The molecule has 0 fully saturated rings. The van der Waals surface area contributed by atoms with Crippen molar-refractivity contribution >= 4 is 17.0 Å². The number of nitrogens with zero attached hydrogens (tertiary/aromatic N) is 4. The molecule has 0 aromatic carbocycles. The van der Waals surface area contributed by atoms with Crippen LogP contribution in [0.15, 0.2) is 55.2 Å². The number of H-pyrrole nitrogens is 1. The lowest BCUT2D eigenvalue weighted by molar-refractivity contribution is 0.310. The van der Waals surface area contributed by atoms with Crippen molar-refractivity contribution in [3.63, 3.8) is 0 Å². The van der Waals surface area contributed by atoms with Crippen molar-refractivity contribution in [1.82, 2.24) is 24.9 Å². The SMILES string of the molecule is Nc1nccc(-c2c[nH]c3nccc(OCc4ccncc4)c23)n1. The molecule has 0 atom stereocenters. The van der Waals surface area contributed by atoms with Crippen molar-refractivity contribution in [3.8, 4) is 17.0 Å². The van der Waals surface area contributed by atoms with Gasteiger partial charge in [-0.25, -0.2) is 15.0 Å². The lowest BCUT2D eigenvalue weighted by atomic mass is 10.1. The number of rotatable bonds is 4. The molecule has 0 aliphatic carbocycles. The Morgan fingerprint density at radius 2 is 1.83 bits per heavy atom. The average molecular weight is 318 g/mol. The average Bonchev–Trinajstić information content (AvgIpc) is 3.05. The molecule has 0 unspecified atom stereocenters. The Labute approximate surface area is 137 Å². The summed E-state index contributed by atoms with van der Waals surface area (Å²) in [5.74, 6) is 0.954. The van der Waals surface area contributed by atoms with Crippen molar-refractivity contribution < 1.29 is 4.74 Å². The maximum absolute atomic E-state index is 5.99. The summed E-state index contributed by atoms with van der Waals surface area (Å²) >= 11 is 0. The molecule has 0 aliphatic heterocycles. The molecular weight excluding hydrogens is 304 g/mol. The highest BCUT2D eigenvalue weighted by atomic mass is 16.5. The van der Waals surface area contributed by atoms with E-state index in [-0.39, 0.29) is 5.95 Å². The lowest BCUT2D eigenvalue weighted by Crippen LogP contribution is -1.97. The van der Waals surface area contributed by atoms with E-state index in [1.807, 2.05) is 24.4 Å². The molecular formula is C17H14N6O. The monoisotopic (exact) mass is 318 g/mol. The minimum absolute atomic E-state index is 0.227. The van der Waals surface area contributed by atoms with E-state index in [9.17, 15) is 0 Å². The van der Waals surface area contributed by atoms with Gasteiger partial charge in [0.1, 0.15) is 18.0 Å². The number of fused-ring (bicyclic) bond motifs is 1. The third-order valence-corrected chi connectivity index (χ3v) is 3.63. The predicted octanol–water partition coefficient (Wildman–Crippen LogP) is 2.58. The van der Waals surface area contributed by atoms with Crippen LogP contribution in [0.2, 0.25) is 0 Å². The highest BCUT2D eigenvalue weighted by Crippen LogP contribution is 2.33. The van der Waals surface area contributed by atoms with Gasteiger partial charge in [0.25, 0.3) is 0 Å². The van der Waals surface area contributed by atoms with E-state index >= 15 is 0 Å². The first kappa shape index (κ1) is 14.1. The Balaban J connectivity index is 1.74. The number of ether oxygens (including phenoxy) is 1. The van der Waals surface area contributed by atoms with Gasteiger partial charge in [-0.3, -0.25) is 4.98 Å².